The Hall–Kier alpha value is -0.640. The van der Waals surface area contributed by atoms with E-state index < -0.39 is 0 Å². The van der Waals surface area contributed by atoms with Crippen LogP contribution in [0, 0.1) is 0 Å². The van der Waals surface area contributed by atoms with Crippen molar-refractivity contribution in [3.63, 3.8) is 0 Å². The second-order valence-corrected chi connectivity index (χ2v) is 3.94. The van der Waals surface area contributed by atoms with Crippen LogP contribution in [0.2, 0.25) is 5.15 Å². The Morgan fingerprint density at radius 2 is 2.43 bits per heavy atom. The van der Waals surface area contributed by atoms with E-state index in [2.05, 4.69) is 10.3 Å². The molecule has 4 heteroatoms. The number of hydrogen-bond acceptors (Lipinski definition) is 3. The van der Waals surface area contributed by atoms with Crippen LogP contribution in [0.25, 0.3) is 0 Å². The van der Waals surface area contributed by atoms with E-state index in [9.17, 15) is 0 Å². The number of rotatable bonds is 2. The molecule has 1 aromatic heterocycles. The number of nitrogens with one attached hydrogen (secondary N) is 1. The van der Waals surface area contributed by atoms with Gasteiger partial charge in [-0.2, -0.15) is 0 Å². The zero-order valence-electron chi connectivity index (χ0n) is 7.96. The third-order valence-corrected chi connectivity index (χ3v) is 2.97. The van der Waals surface area contributed by atoms with E-state index in [1.165, 1.54) is 0 Å². The number of nitrogens with zero attached hydrogens (tertiary/aromatic N) is 1. The Morgan fingerprint density at radius 3 is 3.00 bits per heavy atom. The van der Waals surface area contributed by atoms with E-state index in [0.717, 1.165) is 30.8 Å². The van der Waals surface area contributed by atoms with Crippen LogP contribution in [0.15, 0.2) is 12.1 Å². The maximum absolute atomic E-state index is 6.00. The summed E-state index contributed by atoms with van der Waals surface area (Å²) in [5, 5.41) is 3.86. The Labute approximate surface area is 88.7 Å². The molecule has 1 aliphatic rings. The summed E-state index contributed by atoms with van der Waals surface area (Å²) in [7, 11) is 0. The molecule has 0 aromatic carbocycles. The van der Waals surface area contributed by atoms with E-state index in [-0.39, 0.29) is 0 Å². The number of hydrogen-bond donors (Lipinski definition) is 2. The van der Waals surface area contributed by atoms with Crippen LogP contribution in [-0.2, 0) is 6.54 Å². The highest BCUT2D eigenvalue weighted by Gasteiger charge is 2.18. The highest BCUT2D eigenvalue weighted by atomic mass is 35.5. The third kappa shape index (κ3) is 1.90. The predicted molar refractivity (Wildman–Crippen MR) is 57.4 cm³/mol. The van der Waals surface area contributed by atoms with E-state index in [1.807, 2.05) is 12.1 Å². The fourth-order valence-corrected chi connectivity index (χ4v) is 2.00. The average molecular weight is 212 g/mol. The summed E-state index contributed by atoms with van der Waals surface area (Å²) in [6.07, 6.45) is 1.14. The third-order valence-electron chi connectivity index (χ3n) is 2.65. The minimum absolute atomic E-state index is 0.453. The van der Waals surface area contributed by atoms with E-state index in [0.29, 0.717) is 17.6 Å². The average Bonchev–Trinajstić information content (AvgIpc) is 2.70. The molecule has 2 rings (SSSR count). The molecule has 1 aromatic rings. The fourth-order valence-electron chi connectivity index (χ4n) is 1.76. The van der Waals surface area contributed by atoms with Crippen molar-refractivity contribution in [2.45, 2.75) is 18.9 Å². The van der Waals surface area contributed by atoms with Crippen molar-refractivity contribution in [2.75, 3.05) is 13.1 Å². The second-order valence-electron chi connectivity index (χ2n) is 3.58. The van der Waals surface area contributed by atoms with Gasteiger partial charge in [0.15, 0.2) is 0 Å². The lowest BCUT2D eigenvalue weighted by molar-refractivity contribution is 0.733. The number of pyridine rings is 1. The molecule has 1 saturated heterocycles. The van der Waals surface area contributed by atoms with Gasteiger partial charge in [0, 0.05) is 30.3 Å². The van der Waals surface area contributed by atoms with Crippen LogP contribution < -0.4 is 11.1 Å². The van der Waals surface area contributed by atoms with E-state index >= 15 is 0 Å². The molecular formula is C10H14ClN3. The Morgan fingerprint density at radius 1 is 1.57 bits per heavy atom. The van der Waals surface area contributed by atoms with Gasteiger partial charge in [-0.15, -0.1) is 0 Å². The summed E-state index contributed by atoms with van der Waals surface area (Å²) in [4.78, 5) is 4.37. The molecule has 2 heterocycles. The van der Waals surface area contributed by atoms with Crippen LogP contribution in [0.1, 0.15) is 23.6 Å². The van der Waals surface area contributed by atoms with Gasteiger partial charge in [-0.1, -0.05) is 17.7 Å². The lowest BCUT2D eigenvalue weighted by atomic mass is 10.0. The first-order valence-corrected chi connectivity index (χ1v) is 5.25. The summed E-state index contributed by atoms with van der Waals surface area (Å²) in [6, 6.07) is 4.01. The van der Waals surface area contributed by atoms with Crippen LogP contribution in [0.4, 0.5) is 0 Å². The first-order valence-electron chi connectivity index (χ1n) is 4.87. The zero-order chi connectivity index (χ0) is 9.97. The van der Waals surface area contributed by atoms with Gasteiger partial charge in [-0.25, -0.2) is 4.98 Å². The standard InChI is InChI=1S/C10H14ClN3/c11-10-7(5-12)1-2-9(14-10)8-3-4-13-6-8/h1-2,8,13H,3-6,12H2. The maximum Gasteiger partial charge on any atom is 0.133 e. The minimum Gasteiger partial charge on any atom is -0.326 e. The molecule has 0 radical (unpaired) electrons. The maximum atomic E-state index is 6.00. The largest absolute Gasteiger partial charge is 0.326 e. The van der Waals surface area contributed by atoms with Crippen molar-refractivity contribution in [2.24, 2.45) is 5.73 Å². The summed E-state index contributed by atoms with van der Waals surface area (Å²) in [6.45, 7) is 2.53. The van der Waals surface area contributed by atoms with Crippen molar-refractivity contribution in [3.05, 3.63) is 28.5 Å². The molecule has 76 valence electrons. The Bertz CT molecular complexity index is 321. The fraction of sp³-hybridized carbons (Fsp3) is 0.500. The molecule has 0 spiro atoms. The monoisotopic (exact) mass is 211 g/mol. The van der Waals surface area contributed by atoms with Crippen molar-refractivity contribution in [1.29, 1.82) is 0 Å². The van der Waals surface area contributed by atoms with Gasteiger partial charge in [0.25, 0.3) is 0 Å². The van der Waals surface area contributed by atoms with Crippen LogP contribution in [-0.4, -0.2) is 18.1 Å². The Kier molecular flexibility index (Phi) is 3.01. The quantitative estimate of drug-likeness (QED) is 0.725. The predicted octanol–water partition coefficient (Wildman–Crippen LogP) is 1.27. The van der Waals surface area contributed by atoms with Gasteiger partial charge < -0.3 is 11.1 Å². The molecule has 1 fully saturated rings. The van der Waals surface area contributed by atoms with Gasteiger partial charge in [0.1, 0.15) is 5.15 Å². The molecule has 0 saturated carbocycles. The molecule has 3 nitrogen and oxygen atoms in total. The van der Waals surface area contributed by atoms with Crippen LogP contribution >= 0.6 is 11.6 Å². The van der Waals surface area contributed by atoms with Gasteiger partial charge in [-0.3, -0.25) is 0 Å². The van der Waals surface area contributed by atoms with Gasteiger partial charge in [0.2, 0.25) is 0 Å². The molecule has 1 unspecified atom stereocenters. The van der Waals surface area contributed by atoms with Crippen molar-refractivity contribution < 1.29 is 0 Å². The highest BCUT2D eigenvalue weighted by molar-refractivity contribution is 6.30. The van der Waals surface area contributed by atoms with Gasteiger partial charge in [-0.05, 0) is 19.0 Å². The first-order chi connectivity index (χ1) is 6.81. The lowest BCUT2D eigenvalue weighted by Gasteiger charge is -2.09. The minimum atomic E-state index is 0.453. The van der Waals surface area contributed by atoms with Crippen molar-refractivity contribution >= 4 is 11.6 Å². The summed E-state index contributed by atoms with van der Waals surface area (Å²) in [5.41, 5.74) is 7.52. The van der Waals surface area contributed by atoms with Crippen molar-refractivity contribution in [3.8, 4) is 0 Å². The topological polar surface area (TPSA) is 50.9 Å². The lowest BCUT2D eigenvalue weighted by Crippen LogP contribution is -2.09. The summed E-state index contributed by atoms with van der Waals surface area (Å²) < 4.78 is 0. The van der Waals surface area contributed by atoms with Crippen LogP contribution in [0.3, 0.4) is 0 Å². The molecule has 0 bridgehead atoms. The first kappa shape index (κ1) is 9.90. The highest BCUT2D eigenvalue weighted by Crippen LogP contribution is 2.23. The zero-order valence-corrected chi connectivity index (χ0v) is 8.72. The van der Waals surface area contributed by atoms with E-state index in [4.69, 9.17) is 17.3 Å². The Balaban J connectivity index is 2.23. The number of halogens is 1. The number of nitrogens with two attached hydrogens (primary N) is 1. The van der Waals surface area contributed by atoms with Crippen molar-refractivity contribution in [1.82, 2.24) is 10.3 Å². The normalized spacial score (nSPS) is 21.4. The summed E-state index contributed by atoms with van der Waals surface area (Å²) in [5.74, 6) is 0.513. The van der Waals surface area contributed by atoms with Crippen LogP contribution in [0.5, 0.6) is 0 Å². The molecular weight excluding hydrogens is 198 g/mol. The van der Waals surface area contributed by atoms with Gasteiger partial charge in [0.05, 0.1) is 0 Å². The molecule has 14 heavy (non-hydrogen) atoms. The molecule has 0 amide bonds. The molecule has 1 aliphatic heterocycles. The summed E-state index contributed by atoms with van der Waals surface area (Å²) >= 11 is 6.00. The van der Waals surface area contributed by atoms with E-state index in [1.54, 1.807) is 0 Å². The molecule has 3 N–H and O–H groups in total. The SMILES string of the molecule is NCc1ccc(C2CCNC2)nc1Cl. The smallest absolute Gasteiger partial charge is 0.133 e. The molecule has 1 atom stereocenters. The van der Waals surface area contributed by atoms with Gasteiger partial charge >= 0.3 is 0 Å². The second kappa shape index (κ2) is 4.26. The molecule has 0 aliphatic carbocycles. The number of aromatic nitrogens is 1.